The molecule has 3 aromatic rings. The number of nitrogens with one attached hydrogen (secondary N) is 1. The lowest BCUT2D eigenvalue weighted by atomic mass is 10.1. The fourth-order valence-electron chi connectivity index (χ4n) is 2.44. The summed E-state index contributed by atoms with van der Waals surface area (Å²) < 4.78 is 0. The second kappa shape index (κ2) is 7.25. The van der Waals surface area contributed by atoms with Gasteiger partial charge >= 0.3 is 0 Å². The lowest BCUT2D eigenvalue weighted by Crippen LogP contribution is -2.15. The molecule has 5 heteroatoms. The van der Waals surface area contributed by atoms with Crippen molar-refractivity contribution in [1.29, 1.82) is 0 Å². The van der Waals surface area contributed by atoms with Gasteiger partial charge in [-0.3, -0.25) is 9.78 Å². The summed E-state index contributed by atoms with van der Waals surface area (Å²) in [5.74, 6) is -0.203. The first kappa shape index (κ1) is 16.2. The Morgan fingerprint density at radius 3 is 2.62 bits per heavy atom. The van der Waals surface area contributed by atoms with E-state index >= 15 is 0 Å². The minimum Gasteiger partial charge on any atom is -0.326 e. The Balaban J connectivity index is 1.90. The molecule has 1 amide bonds. The van der Waals surface area contributed by atoms with Crippen LogP contribution in [0.4, 0.5) is 5.69 Å². The molecule has 1 heterocycles. The van der Waals surface area contributed by atoms with Crippen LogP contribution in [0.5, 0.6) is 0 Å². The van der Waals surface area contributed by atoms with Crippen LogP contribution in [0.15, 0.2) is 66.9 Å². The van der Waals surface area contributed by atoms with E-state index in [1.165, 1.54) is 0 Å². The second-order valence-corrected chi connectivity index (χ2v) is 5.63. The van der Waals surface area contributed by atoms with E-state index in [4.69, 9.17) is 17.3 Å². The number of halogens is 1. The van der Waals surface area contributed by atoms with Crippen LogP contribution >= 0.6 is 11.6 Å². The number of carbonyl (C=O) groups is 1. The molecule has 0 fully saturated rings. The number of carbonyl (C=O) groups excluding carboxylic acids is 1. The number of hydrogen-bond acceptors (Lipinski definition) is 3. The second-order valence-electron chi connectivity index (χ2n) is 5.22. The van der Waals surface area contributed by atoms with Crippen molar-refractivity contribution >= 4 is 23.2 Å². The van der Waals surface area contributed by atoms with Crippen LogP contribution in [-0.4, -0.2) is 10.9 Å². The summed E-state index contributed by atoms with van der Waals surface area (Å²) in [5, 5.41) is 3.47. The van der Waals surface area contributed by atoms with Crippen LogP contribution in [0, 0.1) is 0 Å². The maximum absolute atomic E-state index is 12.5. The van der Waals surface area contributed by atoms with Gasteiger partial charge in [0.15, 0.2) is 0 Å². The Bertz CT molecular complexity index is 865. The van der Waals surface area contributed by atoms with Gasteiger partial charge in [0.1, 0.15) is 0 Å². The first-order valence-corrected chi connectivity index (χ1v) is 7.87. The number of nitrogens with two attached hydrogens (primary N) is 1. The normalized spacial score (nSPS) is 10.4. The zero-order valence-corrected chi connectivity index (χ0v) is 13.6. The molecular formula is C19H16ClN3O. The molecule has 120 valence electrons. The Morgan fingerprint density at radius 1 is 1.08 bits per heavy atom. The third kappa shape index (κ3) is 3.45. The highest BCUT2D eigenvalue weighted by Crippen LogP contribution is 2.29. The van der Waals surface area contributed by atoms with Crippen LogP contribution in [0.3, 0.4) is 0 Å². The van der Waals surface area contributed by atoms with Gasteiger partial charge in [0, 0.05) is 29.6 Å². The van der Waals surface area contributed by atoms with Crippen molar-refractivity contribution in [3.8, 4) is 11.3 Å². The monoisotopic (exact) mass is 337 g/mol. The van der Waals surface area contributed by atoms with Gasteiger partial charge in [-0.05, 0) is 42.0 Å². The molecule has 4 nitrogen and oxygen atoms in total. The molecule has 24 heavy (non-hydrogen) atoms. The summed E-state index contributed by atoms with van der Waals surface area (Å²) in [7, 11) is 0. The summed E-state index contributed by atoms with van der Waals surface area (Å²) in [6.07, 6.45) is 1.70. The van der Waals surface area contributed by atoms with Gasteiger partial charge < -0.3 is 11.1 Å². The maximum atomic E-state index is 12.5. The molecule has 0 bridgehead atoms. The van der Waals surface area contributed by atoms with Gasteiger partial charge in [-0.2, -0.15) is 0 Å². The van der Waals surface area contributed by atoms with Crippen molar-refractivity contribution in [2.24, 2.45) is 5.73 Å². The van der Waals surface area contributed by atoms with E-state index in [1.54, 1.807) is 24.4 Å². The van der Waals surface area contributed by atoms with Crippen molar-refractivity contribution in [3.05, 3.63) is 83.0 Å². The van der Waals surface area contributed by atoms with Gasteiger partial charge in [-0.1, -0.05) is 35.9 Å². The number of aromatic nitrogens is 1. The SMILES string of the molecule is NCc1ccccc1C(=O)Nc1ccc(Cl)c(-c2ccccn2)c1. The van der Waals surface area contributed by atoms with Gasteiger partial charge in [0.25, 0.3) is 5.91 Å². The highest BCUT2D eigenvalue weighted by Gasteiger charge is 2.12. The predicted octanol–water partition coefficient (Wildman–Crippen LogP) is 4.11. The van der Waals surface area contributed by atoms with Crippen LogP contribution < -0.4 is 11.1 Å². The molecule has 0 aliphatic rings. The van der Waals surface area contributed by atoms with Crippen LogP contribution in [-0.2, 0) is 6.54 Å². The molecule has 0 saturated heterocycles. The van der Waals surface area contributed by atoms with Crippen LogP contribution in [0.25, 0.3) is 11.3 Å². The van der Waals surface area contributed by atoms with E-state index < -0.39 is 0 Å². The smallest absolute Gasteiger partial charge is 0.255 e. The summed E-state index contributed by atoms with van der Waals surface area (Å²) in [6, 6.07) is 18.2. The van der Waals surface area contributed by atoms with Crippen molar-refractivity contribution in [2.75, 3.05) is 5.32 Å². The summed E-state index contributed by atoms with van der Waals surface area (Å²) in [4.78, 5) is 16.8. The highest BCUT2D eigenvalue weighted by atomic mass is 35.5. The van der Waals surface area contributed by atoms with Gasteiger partial charge in [-0.15, -0.1) is 0 Å². The van der Waals surface area contributed by atoms with Crippen LogP contribution in [0.1, 0.15) is 15.9 Å². The van der Waals surface area contributed by atoms with E-state index in [1.807, 2.05) is 42.5 Å². The first-order chi connectivity index (χ1) is 11.7. The minimum atomic E-state index is -0.203. The molecular weight excluding hydrogens is 322 g/mol. The average Bonchev–Trinajstić information content (AvgIpc) is 2.64. The van der Waals surface area contributed by atoms with Gasteiger partial charge in [0.05, 0.1) is 10.7 Å². The summed E-state index contributed by atoms with van der Waals surface area (Å²) in [6.45, 7) is 0.309. The lowest BCUT2D eigenvalue weighted by Gasteiger charge is -2.11. The average molecular weight is 338 g/mol. The topological polar surface area (TPSA) is 68.0 Å². The van der Waals surface area contributed by atoms with Gasteiger partial charge in [-0.25, -0.2) is 0 Å². The van der Waals surface area contributed by atoms with Gasteiger partial charge in [0.2, 0.25) is 0 Å². The molecule has 0 aliphatic heterocycles. The molecule has 0 spiro atoms. The Kier molecular flexibility index (Phi) is 4.89. The maximum Gasteiger partial charge on any atom is 0.255 e. The van der Waals surface area contributed by atoms with Crippen molar-refractivity contribution < 1.29 is 4.79 Å². The minimum absolute atomic E-state index is 0.203. The Labute approximate surface area is 145 Å². The zero-order chi connectivity index (χ0) is 16.9. The quantitative estimate of drug-likeness (QED) is 0.752. The number of rotatable bonds is 4. The highest BCUT2D eigenvalue weighted by molar-refractivity contribution is 6.33. The first-order valence-electron chi connectivity index (χ1n) is 7.49. The van der Waals surface area contributed by atoms with Crippen molar-refractivity contribution in [3.63, 3.8) is 0 Å². The summed E-state index contributed by atoms with van der Waals surface area (Å²) >= 11 is 6.26. The molecule has 0 aliphatic carbocycles. The fourth-order valence-corrected chi connectivity index (χ4v) is 2.65. The van der Waals surface area contributed by atoms with E-state index in [2.05, 4.69) is 10.3 Å². The standard InChI is InChI=1S/C19H16ClN3O/c20-17-9-8-14(11-16(17)18-7-3-4-10-22-18)23-19(24)15-6-2-1-5-13(15)12-21/h1-11H,12,21H2,(H,23,24). The number of hydrogen-bond donors (Lipinski definition) is 2. The zero-order valence-electron chi connectivity index (χ0n) is 12.9. The Morgan fingerprint density at radius 2 is 1.88 bits per heavy atom. The third-order valence-electron chi connectivity index (χ3n) is 3.65. The van der Waals surface area contributed by atoms with E-state index in [0.717, 1.165) is 16.8 Å². The number of pyridine rings is 1. The molecule has 0 radical (unpaired) electrons. The van der Waals surface area contributed by atoms with E-state index in [9.17, 15) is 4.79 Å². The fraction of sp³-hybridized carbons (Fsp3) is 0.0526. The lowest BCUT2D eigenvalue weighted by molar-refractivity contribution is 0.102. The van der Waals surface area contributed by atoms with Crippen molar-refractivity contribution in [1.82, 2.24) is 4.98 Å². The molecule has 3 rings (SSSR count). The largest absolute Gasteiger partial charge is 0.326 e. The molecule has 0 saturated carbocycles. The Hall–Kier alpha value is -2.69. The van der Waals surface area contributed by atoms with E-state index in [-0.39, 0.29) is 5.91 Å². The molecule has 0 unspecified atom stereocenters. The number of nitrogens with zero attached hydrogens (tertiary/aromatic N) is 1. The number of benzene rings is 2. The van der Waals surface area contributed by atoms with Crippen LogP contribution in [0.2, 0.25) is 5.02 Å². The molecule has 2 aromatic carbocycles. The van der Waals surface area contributed by atoms with Crippen molar-refractivity contribution in [2.45, 2.75) is 6.54 Å². The molecule has 0 atom stereocenters. The number of amides is 1. The predicted molar refractivity (Wildman–Crippen MR) is 97.0 cm³/mol. The van der Waals surface area contributed by atoms with E-state index in [0.29, 0.717) is 22.8 Å². The third-order valence-corrected chi connectivity index (χ3v) is 3.98. The summed E-state index contributed by atoms with van der Waals surface area (Å²) in [5.41, 5.74) is 9.23. The molecule has 3 N–H and O–H groups in total. The number of anilines is 1. The molecule has 1 aromatic heterocycles.